The first kappa shape index (κ1) is 16.2. The van der Waals surface area contributed by atoms with Crippen LogP contribution in [0.4, 0.5) is 0 Å². The van der Waals surface area contributed by atoms with Crippen molar-refractivity contribution < 1.29 is 9.84 Å². The quantitative estimate of drug-likeness (QED) is 0.829. The van der Waals surface area contributed by atoms with Gasteiger partial charge in [0.1, 0.15) is 0 Å². The van der Waals surface area contributed by atoms with Gasteiger partial charge in [-0.05, 0) is 47.6 Å². The molecule has 0 aromatic heterocycles. The van der Waals surface area contributed by atoms with E-state index in [1.165, 1.54) is 6.42 Å². The predicted octanol–water partition coefficient (Wildman–Crippen LogP) is 1.75. The van der Waals surface area contributed by atoms with Crippen molar-refractivity contribution in [3.05, 3.63) is 0 Å². The number of nitrogens with two attached hydrogens (primary N) is 1. The molecule has 0 radical (unpaired) electrons. The molecule has 1 saturated carbocycles. The highest BCUT2D eigenvalue weighted by Crippen LogP contribution is 2.41. The van der Waals surface area contributed by atoms with Gasteiger partial charge in [0, 0.05) is 24.5 Å². The molecule has 0 amide bonds. The van der Waals surface area contributed by atoms with Gasteiger partial charge in [0.15, 0.2) is 0 Å². The maximum atomic E-state index is 10.2. The van der Waals surface area contributed by atoms with E-state index in [-0.39, 0.29) is 35.3 Å². The van der Waals surface area contributed by atoms with Crippen molar-refractivity contribution in [2.24, 2.45) is 11.7 Å². The molecule has 0 aromatic carbocycles. The zero-order valence-corrected chi connectivity index (χ0v) is 13.7. The van der Waals surface area contributed by atoms with Crippen LogP contribution in [0.3, 0.4) is 0 Å². The van der Waals surface area contributed by atoms with E-state index in [2.05, 4.69) is 39.6 Å². The molecule has 4 unspecified atom stereocenters. The van der Waals surface area contributed by atoms with Crippen LogP contribution in [-0.2, 0) is 4.74 Å². The van der Waals surface area contributed by atoms with Crippen LogP contribution in [0, 0.1) is 5.92 Å². The molecule has 4 heteroatoms. The summed E-state index contributed by atoms with van der Waals surface area (Å²) in [5.41, 5.74) is 5.94. The van der Waals surface area contributed by atoms with E-state index in [4.69, 9.17) is 10.5 Å². The van der Waals surface area contributed by atoms with Crippen LogP contribution in [0.25, 0.3) is 0 Å². The lowest BCUT2D eigenvalue weighted by Crippen LogP contribution is -2.51. The highest BCUT2D eigenvalue weighted by molar-refractivity contribution is 5.05. The van der Waals surface area contributed by atoms with Gasteiger partial charge in [-0.25, -0.2) is 0 Å². The molecule has 2 aliphatic rings. The zero-order chi connectivity index (χ0) is 15.1. The molecule has 0 bridgehead atoms. The summed E-state index contributed by atoms with van der Waals surface area (Å²) in [5, 5.41) is 10.2. The molecule has 1 aliphatic heterocycles. The number of likely N-dealkylation sites (N-methyl/N-ethyl adjacent to an activating group) is 1. The monoisotopic (exact) mass is 284 g/mol. The summed E-state index contributed by atoms with van der Waals surface area (Å²) in [5.74, 6) is 0.289. The Kier molecular flexibility index (Phi) is 4.51. The Labute approximate surface area is 123 Å². The predicted molar refractivity (Wildman–Crippen MR) is 81.6 cm³/mol. The molecular weight excluding hydrogens is 252 g/mol. The number of hydrogen-bond acceptors (Lipinski definition) is 4. The van der Waals surface area contributed by atoms with Crippen LogP contribution in [0.1, 0.15) is 53.4 Å². The van der Waals surface area contributed by atoms with Gasteiger partial charge in [-0.15, -0.1) is 0 Å². The van der Waals surface area contributed by atoms with E-state index in [0.29, 0.717) is 0 Å². The van der Waals surface area contributed by atoms with Crippen LogP contribution in [0.5, 0.6) is 0 Å². The Balaban J connectivity index is 2.04. The molecular formula is C16H32N2O2. The Morgan fingerprint density at radius 3 is 2.25 bits per heavy atom. The number of ether oxygens (including phenoxy) is 1. The molecule has 2 rings (SSSR count). The first-order valence-electron chi connectivity index (χ1n) is 7.99. The molecule has 0 spiro atoms. The van der Waals surface area contributed by atoms with E-state index in [9.17, 15) is 5.11 Å². The summed E-state index contributed by atoms with van der Waals surface area (Å²) in [6.07, 6.45) is 4.19. The lowest BCUT2D eigenvalue weighted by Gasteiger charge is -2.39. The molecule has 1 aliphatic carbocycles. The molecule has 3 N–H and O–H groups in total. The normalized spacial score (nSPS) is 40.2. The van der Waals surface area contributed by atoms with E-state index in [1.54, 1.807) is 0 Å². The summed E-state index contributed by atoms with van der Waals surface area (Å²) in [7, 11) is 2.12. The Morgan fingerprint density at radius 1 is 1.15 bits per heavy atom. The second kappa shape index (κ2) is 5.56. The fraction of sp³-hybridized carbons (Fsp3) is 1.00. The molecule has 4 atom stereocenters. The van der Waals surface area contributed by atoms with Gasteiger partial charge in [0.25, 0.3) is 0 Å². The molecule has 20 heavy (non-hydrogen) atoms. The topological polar surface area (TPSA) is 58.7 Å². The average molecular weight is 284 g/mol. The van der Waals surface area contributed by atoms with Crippen LogP contribution in [-0.4, -0.2) is 53.0 Å². The van der Waals surface area contributed by atoms with Gasteiger partial charge in [-0.1, -0.05) is 12.8 Å². The Morgan fingerprint density at radius 2 is 1.75 bits per heavy atom. The zero-order valence-electron chi connectivity index (χ0n) is 13.7. The van der Waals surface area contributed by atoms with Gasteiger partial charge in [0.2, 0.25) is 0 Å². The lowest BCUT2D eigenvalue weighted by molar-refractivity contribution is -0.0804. The minimum atomic E-state index is -0.278. The second-order valence-electron chi connectivity index (χ2n) is 7.80. The molecule has 118 valence electrons. The number of rotatable bonds is 3. The molecule has 0 aromatic rings. The summed E-state index contributed by atoms with van der Waals surface area (Å²) < 4.78 is 6.16. The summed E-state index contributed by atoms with van der Waals surface area (Å²) >= 11 is 0. The van der Waals surface area contributed by atoms with Crippen molar-refractivity contribution in [2.45, 2.75) is 82.8 Å². The van der Waals surface area contributed by atoms with Crippen LogP contribution in [0.2, 0.25) is 0 Å². The van der Waals surface area contributed by atoms with Crippen molar-refractivity contribution in [3.8, 4) is 0 Å². The standard InChI is InChI=1S/C16H32N2O2/c1-15(2)11(14(17)16(3,4)20-15)10-18(5)12-8-6-7-9-13(12)19/h11-14,19H,6-10,17H2,1-5H3. The number of hydrogen-bond donors (Lipinski definition) is 2. The van der Waals surface area contributed by atoms with Crippen molar-refractivity contribution in [1.82, 2.24) is 4.90 Å². The van der Waals surface area contributed by atoms with Crippen LogP contribution in [0.15, 0.2) is 0 Å². The van der Waals surface area contributed by atoms with Gasteiger partial charge in [-0.3, -0.25) is 0 Å². The highest BCUT2D eigenvalue weighted by Gasteiger charge is 2.52. The van der Waals surface area contributed by atoms with Gasteiger partial charge < -0.3 is 20.5 Å². The van der Waals surface area contributed by atoms with Crippen molar-refractivity contribution in [2.75, 3.05) is 13.6 Å². The molecule has 4 nitrogen and oxygen atoms in total. The highest BCUT2D eigenvalue weighted by atomic mass is 16.5. The number of aliphatic hydroxyl groups excluding tert-OH is 1. The third kappa shape index (κ3) is 3.03. The Bertz CT molecular complexity index is 343. The van der Waals surface area contributed by atoms with Crippen LogP contribution >= 0.6 is 0 Å². The smallest absolute Gasteiger partial charge is 0.0788 e. The first-order chi connectivity index (χ1) is 9.15. The minimum absolute atomic E-state index is 0.0284. The maximum Gasteiger partial charge on any atom is 0.0788 e. The Hall–Kier alpha value is -0.160. The number of nitrogens with zero attached hydrogens (tertiary/aromatic N) is 1. The average Bonchev–Trinajstić information content (AvgIpc) is 2.48. The summed E-state index contributed by atoms with van der Waals surface area (Å²) in [6.45, 7) is 9.32. The van der Waals surface area contributed by atoms with Crippen molar-refractivity contribution in [3.63, 3.8) is 0 Å². The van der Waals surface area contributed by atoms with E-state index in [1.807, 2.05) is 0 Å². The SMILES string of the molecule is CN(CC1C(N)C(C)(C)OC1(C)C)C1CCCCC1O. The fourth-order valence-corrected chi connectivity index (χ4v) is 4.12. The third-order valence-corrected chi connectivity index (χ3v) is 5.40. The van der Waals surface area contributed by atoms with Gasteiger partial charge in [0.05, 0.1) is 17.3 Å². The van der Waals surface area contributed by atoms with Gasteiger partial charge >= 0.3 is 0 Å². The van der Waals surface area contributed by atoms with E-state index in [0.717, 1.165) is 25.8 Å². The summed E-state index contributed by atoms with van der Waals surface area (Å²) in [4.78, 5) is 2.31. The molecule has 2 fully saturated rings. The van der Waals surface area contributed by atoms with Gasteiger partial charge in [-0.2, -0.15) is 0 Å². The largest absolute Gasteiger partial charge is 0.391 e. The van der Waals surface area contributed by atoms with Crippen molar-refractivity contribution in [1.29, 1.82) is 0 Å². The van der Waals surface area contributed by atoms with Crippen LogP contribution < -0.4 is 5.73 Å². The summed E-state index contributed by atoms with van der Waals surface area (Å²) in [6, 6.07) is 0.302. The maximum absolute atomic E-state index is 10.2. The lowest BCUT2D eigenvalue weighted by atomic mass is 9.82. The fourth-order valence-electron chi connectivity index (χ4n) is 4.12. The van der Waals surface area contributed by atoms with E-state index >= 15 is 0 Å². The van der Waals surface area contributed by atoms with E-state index < -0.39 is 0 Å². The van der Waals surface area contributed by atoms with Crippen molar-refractivity contribution >= 4 is 0 Å². The first-order valence-corrected chi connectivity index (χ1v) is 7.99. The molecule has 1 saturated heterocycles. The third-order valence-electron chi connectivity index (χ3n) is 5.40. The minimum Gasteiger partial charge on any atom is -0.391 e. The number of aliphatic hydroxyl groups is 1. The molecule has 1 heterocycles. The second-order valence-corrected chi connectivity index (χ2v) is 7.80.